The zero-order valence-corrected chi connectivity index (χ0v) is 9.56. The summed E-state index contributed by atoms with van der Waals surface area (Å²) in [6, 6.07) is 0. The minimum Gasteiger partial charge on any atom is -0.466 e. The summed E-state index contributed by atoms with van der Waals surface area (Å²) in [7, 11) is 0. The molecule has 2 rings (SSSR count). The number of hydrogen-bond acceptors (Lipinski definition) is 4. The second-order valence-corrected chi connectivity index (χ2v) is 4.38. The van der Waals surface area contributed by atoms with E-state index in [-0.39, 0.29) is 29.4 Å². The van der Waals surface area contributed by atoms with E-state index in [0.717, 1.165) is 12.8 Å². The molecule has 88 valence electrons. The molecule has 1 saturated carbocycles. The van der Waals surface area contributed by atoms with E-state index >= 15 is 0 Å². The van der Waals surface area contributed by atoms with Crippen LogP contribution in [0.1, 0.15) is 26.7 Å². The molecule has 0 radical (unpaired) electrons. The molecule has 0 aromatic carbocycles. The molecule has 0 N–H and O–H groups in total. The Morgan fingerprint density at radius 3 is 2.56 bits per heavy atom. The van der Waals surface area contributed by atoms with Crippen molar-refractivity contribution >= 4 is 11.9 Å². The van der Waals surface area contributed by atoms with Crippen LogP contribution in [0.25, 0.3) is 0 Å². The van der Waals surface area contributed by atoms with Gasteiger partial charge in [-0.15, -0.1) is 0 Å². The summed E-state index contributed by atoms with van der Waals surface area (Å²) in [6.45, 7) is 3.57. The van der Waals surface area contributed by atoms with Crippen LogP contribution in [0.4, 0.5) is 0 Å². The van der Waals surface area contributed by atoms with Crippen molar-refractivity contribution in [3.8, 4) is 0 Å². The maximum atomic E-state index is 11.7. The zero-order valence-electron chi connectivity index (χ0n) is 9.56. The molecule has 2 aliphatic carbocycles. The van der Waals surface area contributed by atoms with Crippen LogP contribution in [0.3, 0.4) is 0 Å². The van der Waals surface area contributed by atoms with E-state index in [4.69, 9.17) is 9.47 Å². The fourth-order valence-corrected chi connectivity index (χ4v) is 2.39. The van der Waals surface area contributed by atoms with Gasteiger partial charge in [0.2, 0.25) is 0 Å². The van der Waals surface area contributed by atoms with Gasteiger partial charge < -0.3 is 9.47 Å². The van der Waals surface area contributed by atoms with Crippen molar-refractivity contribution in [2.45, 2.75) is 32.8 Å². The zero-order chi connectivity index (χ0) is 11.8. The van der Waals surface area contributed by atoms with Gasteiger partial charge in [0.25, 0.3) is 0 Å². The molecule has 0 heterocycles. The summed E-state index contributed by atoms with van der Waals surface area (Å²) in [5.74, 6) is -0.742. The lowest BCUT2D eigenvalue weighted by molar-refractivity contribution is -0.155. The molecular weight excluding hydrogens is 208 g/mol. The fraction of sp³-hybridized carbons (Fsp3) is 0.667. The first kappa shape index (κ1) is 11.2. The first-order valence-corrected chi connectivity index (χ1v) is 5.62. The third kappa shape index (κ3) is 1.72. The van der Waals surface area contributed by atoms with Gasteiger partial charge in [0, 0.05) is 12.3 Å². The first-order valence-electron chi connectivity index (χ1n) is 5.62. The van der Waals surface area contributed by atoms with Crippen LogP contribution in [-0.4, -0.2) is 24.6 Å². The highest BCUT2D eigenvalue weighted by molar-refractivity contribution is 5.77. The second kappa shape index (κ2) is 3.92. The summed E-state index contributed by atoms with van der Waals surface area (Å²) in [5, 5.41) is 0. The molecular formula is C12H16O4. The van der Waals surface area contributed by atoms with Crippen molar-refractivity contribution in [1.82, 2.24) is 0 Å². The molecule has 0 unspecified atom stereocenters. The maximum Gasteiger partial charge on any atom is 0.313 e. The Bertz CT molecular complexity index is 341. The highest BCUT2D eigenvalue weighted by atomic mass is 16.5. The van der Waals surface area contributed by atoms with E-state index < -0.39 is 0 Å². The van der Waals surface area contributed by atoms with Crippen LogP contribution in [0.5, 0.6) is 0 Å². The average molecular weight is 224 g/mol. The van der Waals surface area contributed by atoms with E-state index in [1.165, 1.54) is 6.92 Å². The van der Waals surface area contributed by atoms with Gasteiger partial charge in [-0.25, -0.2) is 0 Å². The molecule has 0 aromatic rings. The number of rotatable bonds is 3. The predicted molar refractivity (Wildman–Crippen MR) is 56.5 cm³/mol. The largest absolute Gasteiger partial charge is 0.466 e. The molecule has 0 aromatic heterocycles. The quantitative estimate of drug-likeness (QED) is 0.537. The lowest BCUT2D eigenvalue weighted by atomic mass is 9.90. The van der Waals surface area contributed by atoms with E-state index in [9.17, 15) is 9.59 Å². The fourth-order valence-electron chi connectivity index (χ4n) is 2.39. The molecule has 4 heteroatoms. The van der Waals surface area contributed by atoms with Crippen molar-refractivity contribution < 1.29 is 19.1 Å². The van der Waals surface area contributed by atoms with Crippen LogP contribution < -0.4 is 0 Å². The van der Waals surface area contributed by atoms with Crippen molar-refractivity contribution in [3.05, 3.63) is 12.2 Å². The van der Waals surface area contributed by atoms with Gasteiger partial charge in [-0.1, -0.05) is 6.08 Å². The van der Waals surface area contributed by atoms with Crippen molar-refractivity contribution in [2.75, 3.05) is 6.61 Å². The Kier molecular flexibility index (Phi) is 2.74. The Morgan fingerprint density at radius 1 is 1.38 bits per heavy atom. The highest BCUT2D eigenvalue weighted by Gasteiger charge is 2.60. The first-order chi connectivity index (χ1) is 7.60. The van der Waals surface area contributed by atoms with E-state index in [1.807, 2.05) is 12.2 Å². The van der Waals surface area contributed by atoms with Gasteiger partial charge in [-0.05, 0) is 25.8 Å². The molecule has 2 atom stereocenters. The van der Waals surface area contributed by atoms with Gasteiger partial charge in [0.1, 0.15) is 6.10 Å². The molecule has 0 saturated heterocycles. The van der Waals surface area contributed by atoms with Crippen LogP contribution >= 0.6 is 0 Å². The topological polar surface area (TPSA) is 52.6 Å². The molecule has 4 nitrogen and oxygen atoms in total. The summed E-state index contributed by atoms with van der Waals surface area (Å²) in [4.78, 5) is 22.7. The third-order valence-corrected chi connectivity index (χ3v) is 3.33. The average Bonchev–Trinajstić information content (AvgIpc) is 2.89. The number of carbonyl (C=O) groups excluding carboxylic acids is 2. The van der Waals surface area contributed by atoms with E-state index in [1.54, 1.807) is 6.92 Å². The maximum absolute atomic E-state index is 11.7. The number of hydrogen-bond donors (Lipinski definition) is 0. The molecule has 2 aliphatic rings. The van der Waals surface area contributed by atoms with Crippen molar-refractivity contribution in [3.63, 3.8) is 0 Å². The van der Waals surface area contributed by atoms with Crippen LogP contribution in [0.15, 0.2) is 12.2 Å². The Hall–Kier alpha value is -1.32. The van der Waals surface area contributed by atoms with Crippen LogP contribution in [0, 0.1) is 11.3 Å². The smallest absolute Gasteiger partial charge is 0.313 e. The Balaban J connectivity index is 2.07. The van der Waals surface area contributed by atoms with Crippen LogP contribution in [0.2, 0.25) is 0 Å². The number of ether oxygens (including phenoxy) is 2. The summed E-state index contributed by atoms with van der Waals surface area (Å²) in [5.41, 5.74) is -0.197. The molecule has 0 amide bonds. The molecule has 0 aliphatic heterocycles. The summed E-state index contributed by atoms with van der Waals surface area (Å²) in [6.07, 6.45) is 5.22. The minimum absolute atomic E-state index is 0.197. The van der Waals surface area contributed by atoms with Gasteiger partial charge in [0.05, 0.1) is 12.5 Å². The van der Waals surface area contributed by atoms with Gasteiger partial charge in [-0.3, -0.25) is 9.59 Å². The second-order valence-electron chi connectivity index (χ2n) is 4.38. The minimum atomic E-state index is -0.301. The summed E-state index contributed by atoms with van der Waals surface area (Å²) >= 11 is 0. The molecule has 1 fully saturated rings. The normalized spacial score (nSPS) is 29.1. The van der Waals surface area contributed by atoms with Crippen LogP contribution in [-0.2, 0) is 19.1 Å². The standard InChI is InChI=1S/C12H16O4/c1-3-15-11(14)9-4-5-10(16-8(2)13)12(9)6-7-12/h4-5,9-10H,3,6-7H2,1-2H3/t9-,10-/m1/s1. The molecule has 1 spiro atoms. The predicted octanol–water partition coefficient (Wildman–Crippen LogP) is 1.45. The highest BCUT2D eigenvalue weighted by Crippen LogP contribution is 2.59. The Morgan fingerprint density at radius 2 is 2.06 bits per heavy atom. The van der Waals surface area contributed by atoms with E-state index in [2.05, 4.69) is 0 Å². The van der Waals surface area contributed by atoms with Gasteiger partial charge in [-0.2, -0.15) is 0 Å². The lowest BCUT2D eigenvalue weighted by Gasteiger charge is -2.22. The number of esters is 2. The SMILES string of the molecule is CCOC(=O)[C@H]1C=C[C@@H](OC(C)=O)C12CC2. The van der Waals surface area contributed by atoms with E-state index in [0.29, 0.717) is 6.61 Å². The molecule has 16 heavy (non-hydrogen) atoms. The lowest BCUT2D eigenvalue weighted by Crippen LogP contribution is -2.31. The molecule has 0 bridgehead atoms. The Labute approximate surface area is 94.6 Å². The third-order valence-electron chi connectivity index (χ3n) is 3.33. The van der Waals surface area contributed by atoms with Crippen molar-refractivity contribution in [1.29, 1.82) is 0 Å². The monoisotopic (exact) mass is 224 g/mol. The number of carbonyl (C=O) groups is 2. The van der Waals surface area contributed by atoms with Crippen molar-refractivity contribution in [2.24, 2.45) is 11.3 Å². The van der Waals surface area contributed by atoms with Gasteiger partial charge in [0.15, 0.2) is 0 Å². The summed E-state index contributed by atoms with van der Waals surface area (Å²) < 4.78 is 10.2. The van der Waals surface area contributed by atoms with Gasteiger partial charge >= 0.3 is 11.9 Å².